The van der Waals surface area contributed by atoms with Gasteiger partial charge in [-0.2, -0.15) is 0 Å². The van der Waals surface area contributed by atoms with E-state index in [9.17, 15) is 0 Å². The maximum Gasteiger partial charge on any atom is 0.0300 e. The predicted molar refractivity (Wildman–Crippen MR) is 73.7 cm³/mol. The van der Waals surface area contributed by atoms with E-state index in [2.05, 4.69) is 55.5 Å². The lowest BCUT2D eigenvalue weighted by Crippen LogP contribution is -2.10. The van der Waals surface area contributed by atoms with Crippen LogP contribution in [0, 0.1) is 0 Å². The summed E-state index contributed by atoms with van der Waals surface area (Å²) in [4.78, 5) is 0. The molecule has 0 aliphatic rings. The van der Waals surface area contributed by atoms with Crippen LogP contribution in [0.15, 0.2) is 54.6 Å². The first-order valence-electron chi connectivity index (χ1n) is 6.23. The van der Waals surface area contributed by atoms with Crippen LogP contribution >= 0.6 is 0 Å². The van der Waals surface area contributed by atoms with Gasteiger partial charge >= 0.3 is 0 Å². The lowest BCUT2D eigenvalue weighted by Gasteiger charge is -2.16. The minimum atomic E-state index is 0.136. The molecule has 2 aromatic carbocycles. The SMILES string of the molecule is CCCC(N)c1ccccc1-c1ccccc1. The molecule has 0 aromatic heterocycles. The van der Waals surface area contributed by atoms with Crippen molar-refractivity contribution in [2.45, 2.75) is 25.8 Å². The standard InChI is InChI=1S/C16H19N/c1-2-8-16(17)15-12-7-6-11-14(15)13-9-4-3-5-10-13/h3-7,9-12,16H,2,8,17H2,1H3. The molecular weight excluding hydrogens is 206 g/mol. The van der Waals surface area contributed by atoms with E-state index in [0.717, 1.165) is 12.8 Å². The third-order valence-electron chi connectivity index (χ3n) is 3.04. The second-order valence-electron chi connectivity index (χ2n) is 4.35. The Morgan fingerprint density at radius 3 is 2.29 bits per heavy atom. The van der Waals surface area contributed by atoms with Gasteiger partial charge in [0, 0.05) is 6.04 Å². The van der Waals surface area contributed by atoms with Crippen molar-refractivity contribution < 1.29 is 0 Å². The second-order valence-corrected chi connectivity index (χ2v) is 4.35. The fraction of sp³-hybridized carbons (Fsp3) is 0.250. The van der Waals surface area contributed by atoms with Gasteiger partial charge in [-0.05, 0) is 23.1 Å². The summed E-state index contributed by atoms with van der Waals surface area (Å²) >= 11 is 0. The highest BCUT2D eigenvalue weighted by molar-refractivity contribution is 5.67. The molecular formula is C16H19N. The maximum absolute atomic E-state index is 6.24. The molecule has 0 heterocycles. The average molecular weight is 225 g/mol. The highest BCUT2D eigenvalue weighted by atomic mass is 14.6. The van der Waals surface area contributed by atoms with E-state index in [-0.39, 0.29) is 6.04 Å². The molecule has 1 atom stereocenters. The molecule has 1 heteroatoms. The van der Waals surface area contributed by atoms with E-state index < -0.39 is 0 Å². The molecule has 0 aliphatic carbocycles. The largest absolute Gasteiger partial charge is 0.324 e. The topological polar surface area (TPSA) is 26.0 Å². The van der Waals surface area contributed by atoms with E-state index in [0.29, 0.717) is 0 Å². The van der Waals surface area contributed by atoms with Gasteiger partial charge in [0.2, 0.25) is 0 Å². The minimum Gasteiger partial charge on any atom is -0.324 e. The zero-order valence-electron chi connectivity index (χ0n) is 10.3. The summed E-state index contributed by atoms with van der Waals surface area (Å²) < 4.78 is 0. The van der Waals surface area contributed by atoms with Crippen molar-refractivity contribution in [3.63, 3.8) is 0 Å². The normalized spacial score (nSPS) is 12.4. The van der Waals surface area contributed by atoms with Crippen LogP contribution in [0.25, 0.3) is 11.1 Å². The molecule has 0 bridgehead atoms. The van der Waals surface area contributed by atoms with Gasteiger partial charge in [-0.25, -0.2) is 0 Å². The first-order chi connectivity index (χ1) is 8.33. The summed E-state index contributed by atoms with van der Waals surface area (Å²) in [7, 11) is 0. The van der Waals surface area contributed by atoms with Gasteiger partial charge in [0.1, 0.15) is 0 Å². The molecule has 0 radical (unpaired) electrons. The Kier molecular flexibility index (Phi) is 3.94. The fourth-order valence-electron chi connectivity index (χ4n) is 2.17. The van der Waals surface area contributed by atoms with Crippen molar-refractivity contribution >= 4 is 0 Å². The van der Waals surface area contributed by atoms with Crippen LogP contribution < -0.4 is 5.73 Å². The summed E-state index contributed by atoms with van der Waals surface area (Å²) in [6.07, 6.45) is 2.15. The molecule has 88 valence electrons. The molecule has 0 saturated heterocycles. The Morgan fingerprint density at radius 1 is 0.941 bits per heavy atom. The average Bonchev–Trinajstić information content (AvgIpc) is 2.40. The van der Waals surface area contributed by atoms with E-state index in [1.807, 2.05) is 6.07 Å². The van der Waals surface area contributed by atoms with Gasteiger partial charge in [0.25, 0.3) is 0 Å². The molecule has 2 rings (SSSR count). The Bertz CT molecular complexity index is 462. The molecule has 1 unspecified atom stereocenters. The number of rotatable bonds is 4. The van der Waals surface area contributed by atoms with Crippen molar-refractivity contribution in [2.75, 3.05) is 0 Å². The van der Waals surface area contributed by atoms with Gasteiger partial charge < -0.3 is 5.73 Å². The minimum absolute atomic E-state index is 0.136. The zero-order valence-corrected chi connectivity index (χ0v) is 10.3. The summed E-state index contributed by atoms with van der Waals surface area (Å²) in [5.41, 5.74) is 10.00. The van der Waals surface area contributed by atoms with Crippen LogP contribution in [-0.2, 0) is 0 Å². The van der Waals surface area contributed by atoms with E-state index in [1.165, 1.54) is 16.7 Å². The number of hydrogen-bond donors (Lipinski definition) is 1. The third kappa shape index (κ3) is 2.75. The lowest BCUT2D eigenvalue weighted by atomic mass is 9.93. The molecule has 17 heavy (non-hydrogen) atoms. The van der Waals surface area contributed by atoms with Crippen LogP contribution in [0.4, 0.5) is 0 Å². The maximum atomic E-state index is 6.24. The van der Waals surface area contributed by atoms with E-state index >= 15 is 0 Å². The van der Waals surface area contributed by atoms with E-state index in [1.54, 1.807) is 0 Å². The van der Waals surface area contributed by atoms with Crippen molar-refractivity contribution in [1.82, 2.24) is 0 Å². The Morgan fingerprint density at radius 2 is 1.59 bits per heavy atom. The van der Waals surface area contributed by atoms with Crippen LogP contribution in [0.3, 0.4) is 0 Å². The van der Waals surface area contributed by atoms with Crippen LogP contribution in [0.5, 0.6) is 0 Å². The quantitative estimate of drug-likeness (QED) is 0.831. The molecule has 0 spiro atoms. The molecule has 0 aliphatic heterocycles. The Hall–Kier alpha value is -1.60. The highest BCUT2D eigenvalue weighted by Crippen LogP contribution is 2.28. The molecule has 0 fully saturated rings. The van der Waals surface area contributed by atoms with E-state index in [4.69, 9.17) is 5.73 Å². The number of benzene rings is 2. The van der Waals surface area contributed by atoms with Gasteiger partial charge in [-0.3, -0.25) is 0 Å². The van der Waals surface area contributed by atoms with Gasteiger partial charge in [0.05, 0.1) is 0 Å². The summed E-state index contributed by atoms with van der Waals surface area (Å²) in [5, 5.41) is 0. The first-order valence-corrected chi connectivity index (χ1v) is 6.23. The van der Waals surface area contributed by atoms with Crippen molar-refractivity contribution in [3.8, 4) is 11.1 Å². The molecule has 0 amide bonds. The van der Waals surface area contributed by atoms with Crippen molar-refractivity contribution in [1.29, 1.82) is 0 Å². The van der Waals surface area contributed by atoms with Gasteiger partial charge in [-0.1, -0.05) is 67.9 Å². The molecule has 2 N–H and O–H groups in total. The molecule has 0 saturated carbocycles. The first kappa shape index (κ1) is 11.9. The molecule has 2 aromatic rings. The Balaban J connectivity index is 2.41. The van der Waals surface area contributed by atoms with Crippen LogP contribution in [-0.4, -0.2) is 0 Å². The highest BCUT2D eigenvalue weighted by Gasteiger charge is 2.10. The van der Waals surface area contributed by atoms with Gasteiger partial charge in [-0.15, -0.1) is 0 Å². The second kappa shape index (κ2) is 5.65. The summed E-state index contributed by atoms with van der Waals surface area (Å²) in [6, 6.07) is 19.0. The summed E-state index contributed by atoms with van der Waals surface area (Å²) in [5.74, 6) is 0. The van der Waals surface area contributed by atoms with Crippen molar-refractivity contribution in [2.24, 2.45) is 5.73 Å². The monoisotopic (exact) mass is 225 g/mol. The third-order valence-corrected chi connectivity index (χ3v) is 3.04. The Labute approximate surface area is 103 Å². The lowest BCUT2D eigenvalue weighted by molar-refractivity contribution is 0.640. The van der Waals surface area contributed by atoms with Crippen LogP contribution in [0.2, 0.25) is 0 Å². The predicted octanol–water partition coefficient (Wildman–Crippen LogP) is 4.15. The number of nitrogens with two attached hydrogens (primary N) is 1. The number of hydrogen-bond acceptors (Lipinski definition) is 1. The summed E-state index contributed by atoms with van der Waals surface area (Å²) in [6.45, 7) is 2.17. The van der Waals surface area contributed by atoms with Crippen molar-refractivity contribution in [3.05, 3.63) is 60.2 Å². The van der Waals surface area contributed by atoms with Crippen LogP contribution in [0.1, 0.15) is 31.4 Å². The fourth-order valence-corrected chi connectivity index (χ4v) is 2.17. The smallest absolute Gasteiger partial charge is 0.0300 e. The van der Waals surface area contributed by atoms with Gasteiger partial charge in [0.15, 0.2) is 0 Å². The zero-order chi connectivity index (χ0) is 12.1. The molecule has 1 nitrogen and oxygen atoms in total.